The second kappa shape index (κ2) is 6.19. The average Bonchev–Trinajstić information content (AvgIpc) is 2.46. The molecule has 1 aromatic heterocycles. The van der Waals surface area contributed by atoms with Crippen molar-refractivity contribution in [2.45, 2.75) is 12.5 Å². The van der Waals surface area contributed by atoms with Gasteiger partial charge in [0.15, 0.2) is 6.10 Å². The Hall–Kier alpha value is -2.67. The fourth-order valence-electron chi connectivity index (χ4n) is 1.86. The SMILES string of the molecule is Nc1cc(C(=O)NCC[C@H](O)C(=O)O)nc2ccccc12. The number of aliphatic hydroxyl groups excluding tert-OH is 1. The maximum atomic E-state index is 11.9. The third-order valence-electron chi connectivity index (χ3n) is 2.97. The molecule has 0 aliphatic rings. The fourth-order valence-corrected chi connectivity index (χ4v) is 1.86. The van der Waals surface area contributed by atoms with Crippen LogP contribution < -0.4 is 11.1 Å². The number of pyridine rings is 1. The summed E-state index contributed by atoms with van der Waals surface area (Å²) in [6.07, 6.45) is -1.58. The van der Waals surface area contributed by atoms with Crippen LogP contribution in [0.4, 0.5) is 5.69 Å². The largest absolute Gasteiger partial charge is 0.479 e. The van der Waals surface area contributed by atoms with Crippen LogP contribution in [-0.2, 0) is 4.79 Å². The Morgan fingerprint density at radius 1 is 1.33 bits per heavy atom. The number of anilines is 1. The lowest BCUT2D eigenvalue weighted by Crippen LogP contribution is -2.30. The number of nitrogens with zero attached hydrogens (tertiary/aromatic N) is 1. The molecule has 0 saturated carbocycles. The zero-order chi connectivity index (χ0) is 15.4. The van der Waals surface area contributed by atoms with Crippen molar-refractivity contribution in [2.75, 3.05) is 12.3 Å². The summed E-state index contributed by atoms with van der Waals surface area (Å²) in [7, 11) is 0. The van der Waals surface area contributed by atoms with Crippen molar-refractivity contribution in [2.24, 2.45) is 0 Å². The van der Waals surface area contributed by atoms with Crippen molar-refractivity contribution >= 4 is 28.5 Å². The molecule has 110 valence electrons. The number of hydrogen-bond donors (Lipinski definition) is 4. The van der Waals surface area contributed by atoms with Crippen LogP contribution in [0.5, 0.6) is 0 Å². The van der Waals surface area contributed by atoms with Gasteiger partial charge in [0.2, 0.25) is 0 Å². The molecular formula is C14H15N3O4. The van der Waals surface area contributed by atoms with Crippen LogP contribution in [0.25, 0.3) is 10.9 Å². The van der Waals surface area contributed by atoms with E-state index in [2.05, 4.69) is 10.3 Å². The first-order chi connectivity index (χ1) is 9.99. The molecule has 1 heterocycles. The van der Waals surface area contributed by atoms with Gasteiger partial charge in [0, 0.05) is 24.0 Å². The number of carbonyl (C=O) groups excluding carboxylic acids is 1. The Bertz CT molecular complexity index is 687. The molecule has 2 aromatic rings. The van der Waals surface area contributed by atoms with Gasteiger partial charge in [-0.25, -0.2) is 9.78 Å². The summed E-state index contributed by atoms with van der Waals surface area (Å²) < 4.78 is 0. The number of benzene rings is 1. The summed E-state index contributed by atoms with van der Waals surface area (Å²) in [5.41, 5.74) is 7.07. The second-order valence-electron chi connectivity index (χ2n) is 4.51. The number of fused-ring (bicyclic) bond motifs is 1. The highest BCUT2D eigenvalue weighted by Crippen LogP contribution is 2.19. The number of nitrogen functional groups attached to an aromatic ring is 1. The number of carboxylic acid groups (broad SMARTS) is 1. The number of amides is 1. The normalized spacial score (nSPS) is 12.0. The van der Waals surface area contributed by atoms with Crippen LogP contribution in [0.2, 0.25) is 0 Å². The van der Waals surface area contributed by atoms with Crippen LogP contribution in [0.15, 0.2) is 30.3 Å². The highest BCUT2D eigenvalue weighted by molar-refractivity contribution is 5.99. The van der Waals surface area contributed by atoms with Crippen molar-refractivity contribution in [1.29, 1.82) is 0 Å². The van der Waals surface area contributed by atoms with E-state index in [1.54, 1.807) is 12.1 Å². The molecule has 2 rings (SSSR count). The number of hydrogen-bond acceptors (Lipinski definition) is 5. The van der Waals surface area contributed by atoms with Gasteiger partial charge in [0.25, 0.3) is 5.91 Å². The Morgan fingerprint density at radius 2 is 2.05 bits per heavy atom. The van der Waals surface area contributed by atoms with Crippen LogP contribution in [0.1, 0.15) is 16.9 Å². The zero-order valence-corrected chi connectivity index (χ0v) is 11.1. The Balaban J connectivity index is 2.08. The summed E-state index contributed by atoms with van der Waals surface area (Å²) in [6, 6.07) is 8.64. The molecule has 0 aliphatic heterocycles. The Labute approximate surface area is 120 Å². The molecule has 0 aliphatic carbocycles. The van der Waals surface area contributed by atoms with E-state index < -0.39 is 18.0 Å². The first kappa shape index (κ1) is 14.7. The third kappa shape index (κ3) is 3.46. The Morgan fingerprint density at radius 3 is 2.76 bits per heavy atom. The molecule has 0 saturated heterocycles. The molecule has 1 amide bonds. The molecule has 5 N–H and O–H groups in total. The van der Waals surface area contributed by atoms with E-state index in [1.165, 1.54) is 6.07 Å². The van der Waals surface area contributed by atoms with Crippen molar-refractivity contribution in [1.82, 2.24) is 10.3 Å². The van der Waals surface area contributed by atoms with Crippen LogP contribution in [0.3, 0.4) is 0 Å². The predicted octanol–water partition coefficient (Wildman–Crippen LogP) is 0.382. The summed E-state index contributed by atoms with van der Waals surface area (Å²) in [5, 5.41) is 20.9. The van der Waals surface area contributed by atoms with Gasteiger partial charge in [-0.3, -0.25) is 4.79 Å². The van der Waals surface area contributed by atoms with Gasteiger partial charge in [0.05, 0.1) is 5.52 Å². The minimum Gasteiger partial charge on any atom is -0.479 e. The number of aliphatic carboxylic acids is 1. The van der Waals surface area contributed by atoms with E-state index in [0.29, 0.717) is 11.2 Å². The molecule has 7 heteroatoms. The predicted molar refractivity (Wildman–Crippen MR) is 76.7 cm³/mol. The number of para-hydroxylation sites is 1. The number of nitrogens with two attached hydrogens (primary N) is 1. The molecule has 0 radical (unpaired) electrons. The number of carbonyl (C=O) groups is 2. The van der Waals surface area contributed by atoms with Gasteiger partial charge < -0.3 is 21.3 Å². The lowest BCUT2D eigenvalue weighted by molar-refractivity contribution is -0.146. The third-order valence-corrected chi connectivity index (χ3v) is 2.97. The van der Waals surface area contributed by atoms with Crippen molar-refractivity contribution in [3.8, 4) is 0 Å². The highest BCUT2D eigenvalue weighted by atomic mass is 16.4. The van der Waals surface area contributed by atoms with E-state index in [0.717, 1.165) is 5.39 Å². The molecule has 21 heavy (non-hydrogen) atoms. The number of nitrogens with one attached hydrogen (secondary N) is 1. The summed E-state index contributed by atoms with van der Waals surface area (Å²) >= 11 is 0. The van der Waals surface area contributed by atoms with Gasteiger partial charge in [-0.05, 0) is 12.1 Å². The lowest BCUT2D eigenvalue weighted by atomic mass is 10.1. The quantitative estimate of drug-likeness (QED) is 0.630. The summed E-state index contributed by atoms with van der Waals surface area (Å²) in [4.78, 5) is 26.6. The smallest absolute Gasteiger partial charge is 0.332 e. The van der Waals surface area contributed by atoms with E-state index in [1.807, 2.05) is 12.1 Å². The van der Waals surface area contributed by atoms with E-state index >= 15 is 0 Å². The monoisotopic (exact) mass is 289 g/mol. The van der Waals surface area contributed by atoms with Crippen molar-refractivity contribution < 1.29 is 19.8 Å². The van der Waals surface area contributed by atoms with E-state index in [9.17, 15) is 9.59 Å². The minimum absolute atomic E-state index is 0.0285. The average molecular weight is 289 g/mol. The Kier molecular flexibility index (Phi) is 4.34. The number of rotatable bonds is 5. The van der Waals surface area contributed by atoms with Gasteiger partial charge in [-0.15, -0.1) is 0 Å². The molecule has 0 fully saturated rings. The number of aromatic nitrogens is 1. The standard InChI is InChI=1S/C14H15N3O4/c15-9-7-11(17-10-4-2-1-3-8(9)10)13(19)16-6-5-12(18)14(20)21/h1-4,7,12,18H,5-6H2,(H2,15,17)(H,16,19)(H,20,21)/t12-/m0/s1. The molecule has 1 atom stereocenters. The highest BCUT2D eigenvalue weighted by Gasteiger charge is 2.14. The fraction of sp³-hybridized carbons (Fsp3) is 0.214. The van der Waals surface area contributed by atoms with Gasteiger partial charge in [-0.1, -0.05) is 18.2 Å². The lowest BCUT2D eigenvalue weighted by Gasteiger charge is -2.08. The molecular weight excluding hydrogens is 274 g/mol. The van der Waals surface area contributed by atoms with Gasteiger partial charge in [0.1, 0.15) is 5.69 Å². The maximum Gasteiger partial charge on any atom is 0.332 e. The molecule has 1 aromatic carbocycles. The van der Waals surface area contributed by atoms with Crippen LogP contribution in [0, 0.1) is 0 Å². The van der Waals surface area contributed by atoms with Crippen molar-refractivity contribution in [3.05, 3.63) is 36.0 Å². The van der Waals surface area contributed by atoms with E-state index in [-0.39, 0.29) is 18.7 Å². The summed E-state index contributed by atoms with van der Waals surface area (Å²) in [6.45, 7) is 0.0285. The number of aliphatic hydroxyl groups is 1. The first-order valence-electron chi connectivity index (χ1n) is 6.33. The second-order valence-corrected chi connectivity index (χ2v) is 4.51. The van der Waals surface area contributed by atoms with E-state index in [4.69, 9.17) is 15.9 Å². The first-order valence-corrected chi connectivity index (χ1v) is 6.33. The van der Waals surface area contributed by atoms with Crippen molar-refractivity contribution in [3.63, 3.8) is 0 Å². The molecule has 7 nitrogen and oxygen atoms in total. The zero-order valence-electron chi connectivity index (χ0n) is 11.1. The van der Waals surface area contributed by atoms with Gasteiger partial charge >= 0.3 is 5.97 Å². The van der Waals surface area contributed by atoms with Gasteiger partial charge in [-0.2, -0.15) is 0 Å². The van der Waals surface area contributed by atoms with Crippen LogP contribution in [-0.4, -0.2) is 39.7 Å². The van der Waals surface area contributed by atoms with Crippen LogP contribution >= 0.6 is 0 Å². The molecule has 0 spiro atoms. The molecule has 0 unspecified atom stereocenters. The number of carboxylic acids is 1. The topological polar surface area (TPSA) is 126 Å². The minimum atomic E-state index is -1.50. The molecule has 0 bridgehead atoms. The summed E-state index contributed by atoms with van der Waals surface area (Å²) in [5.74, 6) is -1.79. The maximum absolute atomic E-state index is 11.9.